The first kappa shape index (κ1) is 25.4. The predicted octanol–water partition coefficient (Wildman–Crippen LogP) is 0.202. The molecule has 1 amide bonds. The summed E-state index contributed by atoms with van der Waals surface area (Å²) in [7, 11) is 3.42. The summed E-state index contributed by atoms with van der Waals surface area (Å²) in [5.41, 5.74) is -4.87. The molecule has 13 nitrogen and oxygen atoms in total. The summed E-state index contributed by atoms with van der Waals surface area (Å²) in [5, 5.41) is 23.9. The van der Waals surface area contributed by atoms with Crippen LogP contribution in [0.5, 0.6) is 11.5 Å². The van der Waals surface area contributed by atoms with E-state index in [0.29, 0.717) is 18.4 Å². The van der Waals surface area contributed by atoms with E-state index in [1.54, 1.807) is 17.0 Å². The number of hydrogen-bond acceptors (Lipinski definition) is 12. The molecule has 1 aromatic rings. The van der Waals surface area contributed by atoms with Crippen LogP contribution in [0.1, 0.15) is 24.8 Å². The summed E-state index contributed by atoms with van der Waals surface area (Å²) in [6.07, 6.45) is -0.312. The van der Waals surface area contributed by atoms with Gasteiger partial charge in [0, 0.05) is 29.7 Å². The Morgan fingerprint density at radius 3 is 2.49 bits per heavy atom. The lowest BCUT2D eigenvalue weighted by molar-refractivity contribution is -0.194. The lowest BCUT2D eigenvalue weighted by Gasteiger charge is -2.63. The lowest BCUT2D eigenvalue weighted by Crippen LogP contribution is -2.77. The summed E-state index contributed by atoms with van der Waals surface area (Å²) < 4.78 is 26.6. The number of anilines is 1. The maximum Gasteiger partial charge on any atom is 0.417 e. The Balaban J connectivity index is 1.73. The first-order valence-electron chi connectivity index (χ1n) is 12.5. The van der Waals surface area contributed by atoms with Crippen molar-refractivity contribution in [2.75, 3.05) is 39.6 Å². The van der Waals surface area contributed by atoms with Gasteiger partial charge in [0.15, 0.2) is 11.5 Å². The molecule has 0 aromatic heterocycles. The van der Waals surface area contributed by atoms with Crippen molar-refractivity contribution in [1.82, 2.24) is 4.90 Å². The Morgan fingerprint density at radius 2 is 1.82 bits per heavy atom. The van der Waals surface area contributed by atoms with E-state index in [9.17, 15) is 29.4 Å². The van der Waals surface area contributed by atoms with Crippen molar-refractivity contribution in [3.63, 3.8) is 0 Å². The number of aldehydes is 1. The average Bonchev–Trinajstić information content (AvgIpc) is 3.59. The van der Waals surface area contributed by atoms with Crippen LogP contribution in [-0.2, 0) is 34.0 Å². The first-order chi connectivity index (χ1) is 18.7. The fraction of sp³-hybridized carbons (Fsp3) is 0.538. The van der Waals surface area contributed by atoms with E-state index in [4.69, 9.17) is 23.7 Å². The van der Waals surface area contributed by atoms with Gasteiger partial charge in [0.1, 0.15) is 23.5 Å². The van der Waals surface area contributed by atoms with Crippen LogP contribution >= 0.6 is 0 Å². The number of carbonyl (C=O) groups is 4. The molecule has 4 aliphatic heterocycles. The number of esters is 2. The number of amides is 1. The second kappa shape index (κ2) is 8.33. The van der Waals surface area contributed by atoms with Crippen molar-refractivity contribution >= 4 is 30.0 Å². The Kier molecular flexibility index (Phi) is 5.43. The third kappa shape index (κ3) is 2.76. The van der Waals surface area contributed by atoms with Crippen molar-refractivity contribution in [2.45, 2.75) is 42.5 Å². The maximum atomic E-state index is 13.6. The largest absolute Gasteiger partial charge is 0.468 e. The Morgan fingerprint density at radius 1 is 1.08 bits per heavy atom. The highest BCUT2D eigenvalue weighted by Crippen LogP contribution is 2.69. The zero-order valence-electron chi connectivity index (χ0n) is 21.5. The van der Waals surface area contributed by atoms with E-state index in [0.717, 1.165) is 19.1 Å². The third-order valence-corrected chi connectivity index (χ3v) is 9.29. The molecule has 1 saturated heterocycles. The Labute approximate surface area is 222 Å². The first-order valence-corrected chi connectivity index (χ1v) is 12.5. The number of benzene rings is 1. The number of ether oxygens (including phenoxy) is 5. The smallest absolute Gasteiger partial charge is 0.417 e. The van der Waals surface area contributed by atoms with Gasteiger partial charge in [-0.3, -0.25) is 9.59 Å². The molecule has 13 heteroatoms. The number of aliphatic hydroxyl groups is 2. The Bertz CT molecular complexity index is 1330. The summed E-state index contributed by atoms with van der Waals surface area (Å²) >= 11 is 0. The molecule has 1 aromatic carbocycles. The van der Waals surface area contributed by atoms with E-state index in [-0.39, 0.29) is 48.8 Å². The van der Waals surface area contributed by atoms with Crippen molar-refractivity contribution < 1.29 is 53.1 Å². The highest BCUT2D eigenvalue weighted by atomic mass is 16.7. The minimum atomic E-state index is -2.59. The number of carbonyl (C=O) groups excluding carboxylic acids is 4. The van der Waals surface area contributed by atoms with Gasteiger partial charge in [-0.2, -0.15) is 0 Å². The molecule has 208 valence electrons. The van der Waals surface area contributed by atoms with Crippen LogP contribution in [0, 0.1) is 11.3 Å². The van der Waals surface area contributed by atoms with Gasteiger partial charge in [-0.1, -0.05) is 6.07 Å². The van der Waals surface area contributed by atoms with Gasteiger partial charge in [-0.25, -0.2) is 14.5 Å². The SMILES string of the molecule is COC(=O)N1c2c(ccc3c2OCO3)C23CCN4C=C(C=O)C(O)C(C(=O)OC)(CCC2C1(O)C(=O)OC)C43. The molecule has 1 aliphatic carbocycles. The predicted molar refractivity (Wildman–Crippen MR) is 129 cm³/mol. The number of methoxy groups -OCH3 is 3. The van der Waals surface area contributed by atoms with Crippen LogP contribution in [0.2, 0.25) is 0 Å². The van der Waals surface area contributed by atoms with Crippen LogP contribution in [0.4, 0.5) is 10.5 Å². The monoisotopic (exact) mass is 544 g/mol. The van der Waals surface area contributed by atoms with Crippen LogP contribution < -0.4 is 14.4 Å². The topological polar surface area (TPSA) is 161 Å². The fourth-order valence-electron chi connectivity index (χ4n) is 7.99. The van der Waals surface area contributed by atoms with Gasteiger partial charge in [-0.15, -0.1) is 0 Å². The molecule has 6 atom stereocenters. The molecule has 6 unspecified atom stereocenters. The lowest BCUT2D eigenvalue weighted by atomic mass is 9.46. The van der Waals surface area contributed by atoms with Crippen molar-refractivity contribution in [1.29, 1.82) is 0 Å². The zero-order chi connectivity index (χ0) is 27.9. The summed E-state index contributed by atoms with van der Waals surface area (Å²) in [6, 6.07) is 2.50. The molecule has 1 saturated carbocycles. The third-order valence-electron chi connectivity index (χ3n) is 9.29. The van der Waals surface area contributed by atoms with Gasteiger partial charge in [0.05, 0.1) is 27.4 Å². The van der Waals surface area contributed by atoms with Crippen molar-refractivity contribution in [2.24, 2.45) is 11.3 Å². The van der Waals surface area contributed by atoms with E-state index in [1.807, 2.05) is 0 Å². The van der Waals surface area contributed by atoms with Crippen molar-refractivity contribution in [3.05, 3.63) is 29.5 Å². The molecule has 2 N–H and O–H groups in total. The number of rotatable bonds is 3. The number of fused-ring (bicyclic) bond motifs is 3. The number of nitrogens with zero attached hydrogens (tertiary/aromatic N) is 2. The molecule has 1 spiro atoms. The second-order valence-electron chi connectivity index (χ2n) is 10.4. The van der Waals surface area contributed by atoms with E-state index in [1.165, 1.54) is 13.3 Å². The molecule has 4 heterocycles. The van der Waals surface area contributed by atoms with Gasteiger partial charge in [0.2, 0.25) is 6.79 Å². The molecule has 2 fully saturated rings. The standard InChI is InChI=1S/C26H28N2O11/c1-35-21(31)25-7-6-16-24(8-9-27(20(24)25)10-13(11-29)19(25)30)14-4-5-15-18(39-12-38-15)17(14)28(23(33)37-3)26(16,34)22(32)36-2/h4-5,10-11,16,19-20,30,34H,6-9,12H2,1-3H3. The average molecular weight is 545 g/mol. The van der Waals surface area contributed by atoms with Gasteiger partial charge in [0.25, 0.3) is 5.72 Å². The highest BCUT2D eigenvalue weighted by molar-refractivity contribution is 6.02. The van der Waals surface area contributed by atoms with Crippen LogP contribution in [0.3, 0.4) is 0 Å². The highest BCUT2D eigenvalue weighted by Gasteiger charge is 2.78. The van der Waals surface area contributed by atoms with Gasteiger partial charge < -0.3 is 38.8 Å². The molecule has 0 radical (unpaired) electrons. The summed E-state index contributed by atoms with van der Waals surface area (Å²) in [6.45, 7) is 0.146. The van der Waals surface area contributed by atoms with Crippen LogP contribution in [-0.4, -0.2) is 92.0 Å². The summed E-state index contributed by atoms with van der Waals surface area (Å²) in [5.74, 6) is -2.46. The van der Waals surface area contributed by atoms with Gasteiger partial charge in [-0.05, 0) is 30.9 Å². The minimum Gasteiger partial charge on any atom is -0.468 e. The Hall–Kier alpha value is -3.84. The summed E-state index contributed by atoms with van der Waals surface area (Å²) in [4.78, 5) is 55.1. The second-order valence-corrected chi connectivity index (χ2v) is 10.4. The van der Waals surface area contributed by atoms with Gasteiger partial charge >= 0.3 is 18.0 Å². The molecule has 5 aliphatic rings. The quantitative estimate of drug-likeness (QED) is 0.303. The molecular formula is C26H28N2O11. The van der Waals surface area contributed by atoms with Crippen LogP contribution in [0.25, 0.3) is 0 Å². The number of hydrogen-bond donors (Lipinski definition) is 2. The molecule has 39 heavy (non-hydrogen) atoms. The van der Waals surface area contributed by atoms with E-state index < -0.39 is 52.7 Å². The molecule has 6 rings (SSSR count). The van der Waals surface area contributed by atoms with Crippen molar-refractivity contribution in [3.8, 4) is 11.5 Å². The molecular weight excluding hydrogens is 516 g/mol. The molecule has 0 bridgehead atoms. The van der Waals surface area contributed by atoms with E-state index >= 15 is 0 Å². The fourth-order valence-corrected chi connectivity index (χ4v) is 7.99. The zero-order valence-corrected chi connectivity index (χ0v) is 21.5. The van der Waals surface area contributed by atoms with E-state index in [2.05, 4.69) is 0 Å². The number of aliphatic hydroxyl groups excluding tert-OH is 1. The minimum absolute atomic E-state index is 0.0182. The normalized spacial score (nSPS) is 35.2. The maximum absolute atomic E-state index is 13.6. The van der Waals surface area contributed by atoms with Crippen LogP contribution in [0.15, 0.2) is 23.9 Å².